The SMILES string of the molecule is O=C(O)c1cccc(N2CCN(CC(F)(F)F)CC2)c1. The number of piperazine rings is 1. The zero-order valence-corrected chi connectivity index (χ0v) is 10.7. The third-order valence-corrected chi connectivity index (χ3v) is 3.23. The maximum absolute atomic E-state index is 12.3. The van der Waals surface area contributed by atoms with E-state index in [-0.39, 0.29) is 5.56 Å². The molecule has 1 aromatic carbocycles. The summed E-state index contributed by atoms with van der Waals surface area (Å²) >= 11 is 0. The Balaban J connectivity index is 1.97. The Morgan fingerprint density at radius 3 is 2.40 bits per heavy atom. The number of hydrogen-bond acceptors (Lipinski definition) is 3. The van der Waals surface area contributed by atoms with Gasteiger partial charge < -0.3 is 10.0 Å². The molecule has 4 nitrogen and oxygen atoms in total. The molecule has 0 amide bonds. The van der Waals surface area contributed by atoms with E-state index in [1.54, 1.807) is 18.2 Å². The van der Waals surface area contributed by atoms with Gasteiger partial charge in [0.1, 0.15) is 0 Å². The van der Waals surface area contributed by atoms with Gasteiger partial charge in [-0.3, -0.25) is 4.90 Å². The predicted octanol–water partition coefficient (Wildman–Crippen LogP) is 2.07. The van der Waals surface area contributed by atoms with Gasteiger partial charge in [0.05, 0.1) is 12.1 Å². The van der Waals surface area contributed by atoms with Crippen LogP contribution in [-0.4, -0.2) is 54.9 Å². The van der Waals surface area contributed by atoms with Gasteiger partial charge in [0.25, 0.3) is 0 Å². The van der Waals surface area contributed by atoms with Crippen molar-refractivity contribution >= 4 is 11.7 Å². The predicted molar refractivity (Wildman–Crippen MR) is 68.1 cm³/mol. The summed E-state index contributed by atoms with van der Waals surface area (Å²) < 4.78 is 36.8. The van der Waals surface area contributed by atoms with Gasteiger partial charge in [-0.2, -0.15) is 13.2 Å². The lowest BCUT2D eigenvalue weighted by Crippen LogP contribution is -2.49. The van der Waals surface area contributed by atoms with Crippen LogP contribution < -0.4 is 4.90 Å². The number of halogens is 3. The van der Waals surface area contributed by atoms with Crippen molar-refractivity contribution in [2.24, 2.45) is 0 Å². The van der Waals surface area contributed by atoms with Gasteiger partial charge in [0.2, 0.25) is 0 Å². The molecule has 110 valence electrons. The second-order valence-corrected chi connectivity index (χ2v) is 4.73. The molecule has 1 aliphatic rings. The Morgan fingerprint density at radius 1 is 1.20 bits per heavy atom. The number of hydrogen-bond donors (Lipinski definition) is 1. The molecule has 1 saturated heterocycles. The molecule has 1 aliphatic heterocycles. The fraction of sp³-hybridized carbons (Fsp3) is 0.462. The first-order chi connectivity index (χ1) is 9.35. The standard InChI is InChI=1S/C13H15F3N2O2/c14-13(15,16)9-17-4-6-18(7-5-17)11-3-1-2-10(8-11)12(19)20/h1-3,8H,4-7,9H2,(H,19,20). The summed E-state index contributed by atoms with van der Waals surface area (Å²) in [6.07, 6.45) is -4.18. The molecule has 0 atom stereocenters. The number of nitrogens with zero attached hydrogens (tertiary/aromatic N) is 2. The van der Waals surface area contributed by atoms with Crippen LogP contribution in [0.3, 0.4) is 0 Å². The lowest BCUT2D eigenvalue weighted by atomic mass is 10.1. The van der Waals surface area contributed by atoms with Crippen LogP contribution in [0.1, 0.15) is 10.4 Å². The quantitative estimate of drug-likeness (QED) is 0.924. The number of aromatic carboxylic acids is 1. The maximum Gasteiger partial charge on any atom is 0.401 e. The number of carbonyl (C=O) groups is 1. The van der Waals surface area contributed by atoms with Crippen molar-refractivity contribution in [2.75, 3.05) is 37.6 Å². The molecular formula is C13H15F3N2O2. The highest BCUT2D eigenvalue weighted by Gasteiger charge is 2.32. The van der Waals surface area contributed by atoms with Crippen LogP contribution in [-0.2, 0) is 0 Å². The van der Waals surface area contributed by atoms with E-state index >= 15 is 0 Å². The van der Waals surface area contributed by atoms with Crippen molar-refractivity contribution in [1.29, 1.82) is 0 Å². The molecule has 0 bridgehead atoms. The minimum Gasteiger partial charge on any atom is -0.478 e. The van der Waals surface area contributed by atoms with Crippen LogP contribution in [0, 0.1) is 0 Å². The molecule has 0 radical (unpaired) electrons. The zero-order chi connectivity index (χ0) is 14.8. The lowest BCUT2D eigenvalue weighted by molar-refractivity contribution is -0.146. The maximum atomic E-state index is 12.3. The van der Waals surface area contributed by atoms with Crippen molar-refractivity contribution in [3.8, 4) is 0 Å². The number of alkyl halides is 3. The normalized spacial score (nSPS) is 17.2. The minimum atomic E-state index is -4.18. The summed E-state index contributed by atoms with van der Waals surface area (Å²) in [5.41, 5.74) is 0.914. The van der Waals surface area contributed by atoms with Gasteiger partial charge in [-0.05, 0) is 18.2 Å². The van der Waals surface area contributed by atoms with E-state index < -0.39 is 18.7 Å². The topological polar surface area (TPSA) is 43.8 Å². The third kappa shape index (κ3) is 3.86. The van der Waals surface area contributed by atoms with Gasteiger partial charge in [0, 0.05) is 31.9 Å². The van der Waals surface area contributed by atoms with Crippen molar-refractivity contribution in [3.05, 3.63) is 29.8 Å². The average molecular weight is 288 g/mol. The third-order valence-electron chi connectivity index (χ3n) is 3.23. The smallest absolute Gasteiger partial charge is 0.401 e. The summed E-state index contributed by atoms with van der Waals surface area (Å²) in [7, 11) is 0. The molecule has 0 unspecified atom stereocenters. The second kappa shape index (κ2) is 5.70. The Hall–Kier alpha value is -1.76. The van der Waals surface area contributed by atoms with Crippen LogP contribution in [0.15, 0.2) is 24.3 Å². The number of benzene rings is 1. The number of carboxylic acid groups (broad SMARTS) is 1. The van der Waals surface area contributed by atoms with E-state index in [1.165, 1.54) is 11.0 Å². The summed E-state index contributed by atoms with van der Waals surface area (Å²) in [6, 6.07) is 6.44. The summed E-state index contributed by atoms with van der Waals surface area (Å²) in [4.78, 5) is 14.2. The highest BCUT2D eigenvalue weighted by molar-refractivity contribution is 5.88. The first kappa shape index (κ1) is 14.6. The summed E-state index contributed by atoms with van der Waals surface area (Å²) in [5, 5.41) is 8.93. The van der Waals surface area contributed by atoms with Crippen molar-refractivity contribution in [3.63, 3.8) is 0 Å². The first-order valence-corrected chi connectivity index (χ1v) is 6.22. The second-order valence-electron chi connectivity index (χ2n) is 4.73. The molecule has 7 heteroatoms. The number of rotatable bonds is 3. The van der Waals surface area contributed by atoms with Gasteiger partial charge >= 0.3 is 12.1 Å². The van der Waals surface area contributed by atoms with Crippen molar-refractivity contribution < 1.29 is 23.1 Å². The molecule has 2 rings (SSSR count). The van der Waals surface area contributed by atoms with Gasteiger partial charge in [0.15, 0.2) is 0 Å². The lowest BCUT2D eigenvalue weighted by Gasteiger charge is -2.36. The molecule has 0 spiro atoms. The Labute approximate surface area is 114 Å². The number of carboxylic acids is 1. The van der Waals surface area contributed by atoms with E-state index in [0.29, 0.717) is 26.2 Å². The van der Waals surface area contributed by atoms with E-state index in [4.69, 9.17) is 5.11 Å². The number of anilines is 1. The fourth-order valence-electron chi connectivity index (χ4n) is 2.25. The highest BCUT2D eigenvalue weighted by Crippen LogP contribution is 2.21. The Morgan fingerprint density at radius 2 is 1.85 bits per heavy atom. The molecule has 1 aromatic rings. The fourth-order valence-corrected chi connectivity index (χ4v) is 2.25. The first-order valence-electron chi connectivity index (χ1n) is 6.22. The summed E-state index contributed by atoms with van der Waals surface area (Å²) in [6.45, 7) is 0.655. The molecule has 1 fully saturated rings. The Kier molecular flexibility index (Phi) is 4.17. The van der Waals surface area contributed by atoms with Gasteiger partial charge in [-0.1, -0.05) is 6.07 Å². The molecule has 1 heterocycles. The monoisotopic (exact) mass is 288 g/mol. The van der Waals surface area contributed by atoms with E-state index in [9.17, 15) is 18.0 Å². The van der Waals surface area contributed by atoms with E-state index in [1.807, 2.05) is 4.90 Å². The summed E-state index contributed by atoms with van der Waals surface area (Å²) in [5.74, 6) is -1.01. The van der Waals surface area contributed by atoms with E-state index in [2.05, 4.69) is 0 Å². The molecule has 0 aromatic heterocycles. The molecule has 1 N–H and O–H groups in total. The van der Waals surface area contributed by atoms with Crippen molar-refractivity contribution in [1.82, 2.24) is 4.90 Å². The zero-order valence-electron chi connectivity index (χ0n) is 10.7. The van der Waals surface area contributed by atoms with Crippen LogP contribution >= 0.6 is 0 Å². The van der Waals surface area contributed by atoms with Crippen molar-refractivity contribution in [2.45, 2.75) is 6.18 Å². The van der Waals surface area contributed by atoms with E-state index in [0.717, 1.165) is 5.69 Å². The van der Waals surface area contributed by atoms with Crippen LogP contribution in [0.5, 0.6) is 0 Å². The average Bonchev–Trinajstić information content (AvgIpc) is 2.38. The van der Waals surface area contributed by atoms with Gasteiger partial charge in [-0.15, -0.1) is 0 Å². The molecule has 0 aliphatic carbocycles. The molecule has 0 saturated carbocycles. The minimum absolute atomic E-state index is 0.181. The Bertz CT molecular complexity index is 483. The van der Waals surface area contributed by atoms with Crippen LogP contribution in [0.25, 0.3) is 0 Å². The molecular weight excluding hydrogens is 273 g/mol. The highest BCUT2D eigenvalue weighted by atomic mass is 19.4. The van der Waals surface area contributed by atoms with Crippen LogP contribution in [0.4, 0.5) is 18.9 Å². The molecule has 20 heavy (non-hydrogen) atoms. The van der Waals surface area contributed by atoms with Gasteiger partial charge in [-0.25, -0.2) is 4.79 Å². The largest absolute Gasteiger partial charge is 0.478 e. The van der Waals surface area contributed by atoms with Crippen LogP contribution in [0.2, 0.25) is 0 Å².